The van der Waals surface area contributed by atoms with Crippen molar-refractivity contribution >= 4 is 29.7 Å². The summed E-state index contributed by atoms with van der Waals surface area (Å²) in [6.45, 7) is 0.386. The summed E-state index contributed by atoms with van der Waals surface area (Å²) >= 11 is 0. The Balaban J connectivity index is 2.93. The number of carbonyl (C=O) groups excluding carboxylic acids is 3. The minimum absolute atomic E-state index is 0.0226. The number of aliphatic carboxylic acids is 2. The molecule has 0 saturated heterocycles. The normalized spacial score (nSPS) is 14.3. The number of amides is 3. The van der Waals surface area contributed by atoms with E-state index in [0.29, 0.717) is 5.56 Å². The Morgan fingerprint density at radius 2 is 1.45 bits per heavy atom. The predicted octanol–water partition coefficient (Wildman–Crippen LogP) is -2.32. The van der Waals surface area contributed by atoms with Gasteiger partial charge in [0.15, 0.2) is 0 Å². The summed E-state index contributed by atoms with van der Waals surface area (Å²) < 4.78 is 0. The first-order valence-corrected chi connectivity index (χ1v) is 9.94. The van der Waals surface area contributed by atoms with Gasteiger partial charge in [0.1, 0.15) is 23.9 Å². The van der Waals surface area contributed by atoms with Crippen molar-refractivity contribution in [3.8, 4) is 5.75 Å². The number of hydrogen-bond acceptors (Lipinski definition) is 8. The standard InChI is InChI=1S/C20H28N4O9/c1-10(20(32)33)22-18(30)14(8-11-2-4-12(26)5-3-11)23-19(31)15(9-25)24-17(29)13(21)6-7-16(27)28/h2-5,10,13-15,25-26H,6-9,21H2,1H3,(H,22,30)(H,23,31)(H,24,29)(H,27,28)(H,32,33). The zero-order valence-corrected chi connectivity index (χ0v) is 17.9. The highest BCUT2D eigenvalue weighted by atomic mass is 16.4. The van der Waals surface area contributed by atoms with Crippen molar-refractivity contribution in [3.05, 3.63) is 29.8 Å². The van der Waals surface area contributed by atoms with Crippen molar-refractivity contribution in [1.29, 1.82) is 0 Å². The van der Waals surface area contributed by atoms with Crippen LogP contribution in [0, 0.1) is 0 Å². The monoisotopic (exact) mass is 468 g/mol. The molecule has 1 aromatic rings. The Morgan fingerprint density at radius 1 is 0.909 bits per heavy atom. The number of carbonyl (C=O) groups is 5. The first-order chi connectivity index (χ1) is 15.4. The Bertz CT molecular complexity index is 860. The second-order valence-electron chi connectivity index (χ2n) is 7.28. The van der Waals surface area contributed by atoms with Crippen LogP contribution in [0.3, 0.4) is 0 Å². The van der Waals surface area contributed by atoms with Gasteiger partial charge in [0.25, 0.3) is 0 Å². The highest BCUT2D eigenvalue weighted by Gasteiger charge is 2.29. The number of aromatic hydroxyl groups is 1. The average Bonchev–Trinajstić information content (AvgIpc) is 2.76. The Morgan fingerprint density at radius 3 is 1.97 bits per heavy atom. The zero-order valence-electron chi connectivity index (χ0n) is 17.9. The third-order valence-electron chi connectivity index (χ3n) is 4.56. The zero-order chi connectivity index (χ0) is 25.1. The lowest BCUT2D eigenvalue weighted by Crippen LogP contribution is -2.58. The fraction of sp³-hybridized carbons (Fsp3) is 0.450. The van der Waals surface area contributed by atoms with Gasteiger partial charge in [0, 0.05) is 12.8 Å². The highest BCUT2D eigenvalue weighted by molar-refractivity contribution is 5.94. The highest BCUT2D eigenvalue weighted by Crippen LogP contribution is 2.12. The SMILES string of the molecule is CC(NC(=O)C(Cc1ccc(O)cc1)NC(=O)C(CO)NC(=O)C(N)CCC(=O)O)C(=O)O. The lowest BCUT2D eigenvalue weighted by atomic mass is 10.0. The number of carboxylic acids is 2. The van der Waals surface area contributed by atoms with Gasteiger partial charge >= 0.3 is 11.9 Å². The van der Waals surface area contributed by atoms with E-state index in [4.69, 9.17) is 15.9 Å². The van der Waals surface area contributed by atoms with Crippen molar-refractivity contribution < 1.29 is 44.4 Å². The number of rotatable bonds is 13. The van der Waals surface area contributed by atoms with Crippen LogP contribution in [0.4, 0.5) is 0 Å². The number of phenols is 1. The van der Waals surface area contributed by atoms with Gasteiger partial charge in [-0.2, -0.15) is 0 Å². The van der Waals surface area contributed by atoms with Gasteiger partial charge in [-0.25, -0.2) is 0 Å². The molecule has 33 heavy (non-hydrogen) atoms. The van der Waals surface area contributed by atoms with Crippen molar-refractivity contribution in [3.63, 3.8) is 0 Å². The van der Waals surface area contributed by atoms with Crippen LogP contribution >= 0.6 is 0 Å². The minimum Gasteiger partial charge on any atom is -0.508 e. The van der Waals surface area contributed by atoms with Crippen LogP contribution < -0.4 is 21.7 Å². The number of carboxylic acid groups (broad SMARTS) is 2. The molecule has 182 valence electrons. The number of benzene rings is 1. The molecule has 4 atom stereocenters. The molecule has 13 heteroatoms. The summed E-state index contributed by atoms with van der Waals surface area (Å²) in [7, 11) is 0. The van der Waals surface area contributed by atoms with Gasteiger partial charge in [-0.1, -0.05) is 12.1 Å². The fourth-order valence-corrected chi connectivity index (χ4v) is 2.61. The van der Waals surface area contributed by atoms with Crippen molar-refractivity contribution in [2.45, 2.75) is 50.4 Å². The molecule has 1 rings (SSSR count). The Kier molecular flexibility index (Phi) is 10.7. The smallest absolute Gasteiger partial charge is 0.325 e. The van der Waals surface area contributed by atoms with Crippen molar-refractivity contribution in [2.75, 3.05) is 6.61 Å². The van der Waals surface area contributed by atoms with Gasteiger partial charge in [0.2, 0.25) is 17.7 Å². The van der Waals surface area contributed by atoms with E-state index in [1.807, 2.05) is 0 Å². The van der Waals surface area contributed by atoms with Crippen molar-refractivity contribution in [1.82, 2.24) is 16.0 Å². The van der Waals surface area contributed by atoms with Crippen LogP contribution in [0.5, 0.6) is 5.75 Å². The van der Waals surface area contributed by atoms with Gasteiger partial charge in [0.05, 0.1) is 12.6 Å². The number of aliphatic hydroxyl groups is 1. The largest absolute Gasteiger partial charge is 0.508 e. The second kappa shape index (κ2) is 13.0. The summed E-state index contributed by atoms with van der Waals surface area (Å²) in [4.78, 5) is 59.0. The summed E-state index contributed by atoms with van der Waals surface area (Å²) in [5.41, 5.74) is 6.11. The lowest BCUT2D eigenvalue weighted by molar-refractivity contribution is -0.142. The average molecular weight is 468 g/mol. The lowest BCUT2D eigenvalue weighted by Gasteiger charge is -2.24. The molecule has 0 bridgehead atoms. The maximum Gasteiger partial charge on any atom is 0.325 e. The molecule has 9 N–H and O–H groups in total. The van der Waals surface area contributed by atoms with Crippen LogP contribution in [0.2, 0.25) is 0 Å². The third kappa shape index (κ3) is 9.53. The van der Waals surface area contributed by atoms with E-state index >= 15 is 0 Å². The van der Waals surface area contributed by atoms with E-state index in [1.54, 1.807) is 0 Å². The van der Waals surface area contributed by atoms with E-state index < -0.39 is 60.4 Å². The van der Waals surface area contributed by atoms with Gasteiger partial charge in [-0.05, 0) is 31.0 Å². The van der Waals surface area contributed by atoms with E-state index in [0.717, 1.165) is 0 Å². The second-order valence-corrected chi connectivity index (χ2v) is 7.28. The molecule has 0 heterocycles. The van der Waals surface area contributed by atoms with E-state index in [2.05, 4.69) is 16.0 Å². The molecule has 0 spiro atoms. The molecule has 0 radical (unpaired) electrons. The fourth-order valence-electron chi connectivity index (χ4n) is 2.61. The van der Waals surface area contributed by atoms with Gasteiger partial charge in [-0.3, -0.25) is 24.0 Å². The quantitative estimate of drug-likeness (QED) is 0.154. The van der Waals surface area contributed by atoms with Gasteiger partial charge < -0.3 is 42.1 Å². The van der Waals surface area contributed by atoms with E-state index in [-0.39, 0.29) is 25.0 Å². The van der Waals surface area contributed by atoms with Crippen LogP contribution in [-0.4, -0.2) is 80.9 Å². The molecular weight excluding hydrogens is 440 g/mol. The van der Waals surface area contributed by atoms with Crippen LogP contribution in [0.1, 0.15) is 25.3 Å². The molecule has 0 fully saturated rings. The molecule has 0 aliphatic carbocycles. The molecule has 4 unspecified atom stereocenters. The molecule has 3 amide bonds. The number of phenolic OH excluding ortho intramolecular Hbond substituents is 1. The van der Waals surface area contributed by atoms with Crippen molar-refractivity contribution in [2.24, 2.45) is 5.73 Å². The number of nitrogens with two attached hydrogens (primary N) is 1. The summed E-state index contributed by atoms with van der Waals surface area (Å²) in [5, 5.41) is 43.4. The number of aliphatic hydroxyl groups excluding tert-OH is 1. The topological polar surface area (TPSA) is 228 Å². The molecule has 1 aromatic carbocycles. The van der Waals surface area contributed by atoms with Gasteiger partial charge in [-0.15, -0.1) is 0 Å². The molecule has 0 aliphatic heterocycles. The predicted molar refractivity (Wildman–Crippen MR) is 113 cm³/mol. The van der Waals surface area contributed by atoms with E-state index in [9.17, 15) is 34.2 Å². The van der Waals surface area contributed by atoms with Crippen LogP contribution in [-0.2, 0) is 30.4 Å². The first kappa shape index (κ1) is 27.3. The molecule has 0 aliphatic rings. The summed E-state index contributed by atoms with van der Waals surface area (Å²) in [6, 6.07) is 0.441. The first-order valence-electron chi connectivity index (χ1n) is 9.94. The Hall–Kier alpha value is -3.71. The molecule has 0 saturated carbocycles. The van der Waals surface area contributed by atoms with Crippen LogP contribution in [0.15, 0.2) is 24.3 Å². The third-order valence-corrected chi connectivity index (χ3v) is 4.56. The maximum absolute atomic E-state index is 12.6. The minimum atomic E-state index is -1.50. The number of nitrogens with one attached hydrogen (secondary N) is 3. The molecular formula is C20H28N4O9. The summed E-state index contributed by atoms with van der Waals surface area (Å²) in [5.74, 6) is -5.12. The maximum atomic E-state index is 12.6. The van der Waals surface area contributed by atoms with Crippen LogP contribution in [0.25, 0.3) is 0 Å². The molecule has 0 aromatic heterocycles. The molecule has 13 nitrogen and oxygen atoms in total. The van der Waals surface area contributed by atoms with E-state index in [1.165, 1.54) is 31.2 Å². The summed E-state index contributed by atoms with van der Waals surface area (Å²) in [6.07, 6.45) is -0.657. The Labute approximate surface area is 189 Å². The number of hydrogen-bond donors (Lipinski definition) is 8.